The highest BCUT2D eigenvalue weighted by Crippen LogP contribution is 2.14. The number of phenols is 1. The molecule has 0 heterocycles. The molecule has 1 rings (SSSR count). The molecule has 0 radical (unpaired) electrons. The largest absolute Gasteiger partial charge is 0.508 e. The number of rotatable bonds is 5. The van der Waals surface area contributed by atoms with Crippen molar-refractivity contribution in [1.82, 2.24) is 5.32 Å². The fourth-order valence-corrected chi connectivity index (χ4v) is 1.16. The number of carboxylic acid groups (broad SMARTS) is 1. The summed E-state index contributed by atoms with van der Waals surface area (Å²) in [4.78, 5) is 10.2. The van der Waals surface area contributed by atoms with E-state index in [9.17, 15) is 9.18 Å². The van der Waals surface area contributed by atoms with Gasteiger partial charge in [-0.05, 0) is 17.7 Å². The van der Waals surface area contributed by atoms with Crippen molar-refractivity contribution in [2.45, 2.75) is 13.0 Å². The summed E-state index contributed by atoms with van der Waals surface area (Å²) < 4.78 is 12.8. The Hall–Kier alpha value is -1.62. The lowest BCUT2D eigenvalue weighted by Crippen LogP contribution is -2.17. The van der Waals surface area contributed by atoms with Gasteiger partial charge in [-0.1, -0.05) is 0 Å². The predicted molar refractivity (Wildman–Crippen MR) is 52.0 cm³/mol. The minimum Gasteiger partial charge on any atom is -0.508 e. The van der Waals surface area contributed by atoms with Crippen LogP contribution in [-0.4, -0.2) is 22.7 Å². The lowest BCUT2D eigenvalue weighted by atomic mass is 10.2. The molecule has 0 saturated carbocycles. The van der Waals surface area contributed by atoms with Gasteiger partial charge in [-0.3, -0.25) is 4.79 Å². The molecule has 15 heavy (non-hydrogen) atoms. The van der Waals surface area contributed by atoms with E-state index in [1.807, 2.05) is 0 Å². The molecule has 0 unspecified atom stereocenters. The van der Waals surface area contributed by atoms with Crippen LogP contribution in [0.5, 0.6) is 5.75 Å². The van der Waals surface area contributed by atoms with Gasteiger partial charge in [0, 0.05) is 19.2 Å². The van der Waals surface area contributed by atoms with E-state index in [2.05, 4.69) is 5.32 Å². The number of aromatic hydroxyl groups is 1. The van der Waals surface area contributed by atoms with Gasteiger partial charge in [0.25, 0.3) is 0 Å². The van der Waals surface area contributed by atoms with E-state index < -0.39 is 11.8 Å². The molecule has 1 aromatic carbocycles. The lowest BCUT2D eigenvalue weighted by molar-refractivity contribution is -0.136. The van der Waals surface area contributed by atoms with E-state index in [-0.39, 0.29) is 12.2 Å². The van der Waals surface area contributed by atoms with Crippen LogP contribution in [0.4, 0.5) is 4.39 Å². The monoisotopic (exact) mass is 213 g/mol. The molecule has 0 aliphatic heterocycles. The standard InChI is InChI=1S/C10H12FNO3/c11-8-3-7(4-9(13)5-8)6-12-2-1-10(14)15/h3-5,12-13H,1-2,6H2,(H,14,15). The molecular formula is C10H12FNO3. The third-order valence-electron chi connectivity index (χ3n) is 1.79. The number of carboxylic acids is 1. The van der Waals surface area contributed by atoms with Crippen LogP contribution in [-0.2, 0) is 11.3 Å². The molecule has 4 nitrogen and oxygen atoms in total. The first-order valence-corrected chi connectivity index (χ1v) is 4.49. The maximum absolute atomic E-state index is 12.8. The van der Waals surface area contributed by atoms with Gasteiger partial charge in [-0.25, -0.2) is 4.39 Å². The third kappa shape index (κ3) is 4.42. The van der Waals surface area contributed by atoms with Crippen LogP contribution in [0.1, 0.15) is 12.0 Å². The SMILES string of the molecule is O=C(O)CCNCc1cc(O)cc(F)c1. The van der Waals surface area contributed by atoms with Crippen molar-refractivity contribution in [3.05, 3.63) is 29.6 Å². The Bertz CT molecular complexity index is 334. The molecule has 82 valence electrons. The second kappa shape index (κ2) is 5.31. The Labute approximate surface area is 86.4 Å². The van der Waals surface area contributed by atoms with Crippen molar-refractivity contribution in [2.24, 2.45) is 0 Å². The molecule has 0 aromatic heterocycles. The maximum atomic E-state index is 12.8. The van der Waals surface area contributed by atoms with Crippen LogP contribution in [0.25, 0.3) is 0 Å². The van der Waals surface area contributed by atoms with Gasteiger partial charge in [-0.2, -0.15) is 0 Å². The molecule has 5 heteroatoms. The topological polar surface area (TPSA) is 69.6 Å². The zero-order valence-electron chi connectivity index (χ0n) is 8.03. The zero-order chi connectivity index (χ0) is 11.3. The van der Waals surface area contributed by atoms with Gasteiger partial charge >= 0.3 is 5.97 Å². The Balaban J connectivity index is 2.40. The minimum atomic E-state index is -0.885. The van der Waals surface area contributed by atoms with Crippen LogP contribution in [0, 0.1) is 5.82 Å². The number of benzene rings is 1. The van der Waals surface area contributed by atoms with Crippen molar-refractivity contribution in [1.29, 1.82) is 0 Å². The first kappa shape index (κ1) is 11.5. The highest BCUT2D eigenvalue weighted by Gasteiger charge is 2.00. The van der Waals surface area contributed by atoms with Crippen LogP contribution in [0.15, 0.2) is 18.2 Å². The quantitative estimate of drug-likeness (QED) is 0.640. The number of halogens is 1. The van der Waals surface area contributed by atoms with Gasteiger partial charge in [0.15, 0.2) is 0 Å². The second-order valence-corrected chi connectivity index (χ2v) is 3.14. The molecule has 0 atom stereocenters. The summed E-state index contributed by atoms with van der Waals surface area (Å²) in [6, 6.07) is 3.73. The molecule has 0 aliphatic rings. The summed E-state index contributed by atoms with van der Waals surface area (Å²) in [5.41, 5.74) is 0.581. The van der Waals surface area contributed by atoms with Gasteiger partial charge in [0.05, 0.1) is 6.42 Å². The number of aliphatic carboxylic acids is 1. The van der Waals surface area contributed by atoms with Gasteiger partial charge in [0.2, 0.25) is 0 Å². The van der Waals surface area contributed by atoms with Crippen molar-refractivity contribution in [3.63, 3.8) is 0 Å². The number of hydrogen-bond donors (Lipinski definition) is 3. The normalized spacial score (nSPS) is 10.2. The summed E-state index contributed by atoms with van der Waals surface area (Å²) in [6.07, 6.45) is 0.0152. The zero-order valence-corrected chi connectivity index (χ0v) is 8.03. The Morgan fingerprint density at radius 2 is 2.13 bits per heavy atom. The summed E-state index contributed by atoms with van der Waals surface area (Å²) in [5.74, 6) is -1.53. The van der Waals surface area contributed by atoms with Gasteiger partial charge in [-0.15, -0.1) is 0 Å². The van der Waals surface area contributed by atoms with Gasteiger partial charge in [0.1, 0.15) is 11.6 Å². The average molecular weight is 213 g/mol. The molecule has 0 saturated heterocycles. The van der Waals surface area contributed by atoms with Crippen LogP contribution in [0.3, 0.4) is 0 Å². The Kier molecular flexibility index (Phi) is 4.05. The first-order valence-electron chi connectivity index (χ1n) is 4.49. The molecule has 3 N–H and O–H groups in total. The van der Waals surface area contributed by atoms with Crippen LogP contribution in [0.2, 0.25) is 0 Å². The van der Waals surface area contributed by atoms with E-state index >= 15 is 0 Å². The highest BCUT2D eigenvalue weighted by atomic mass is 19.1. The molecule has 0 aliphatic carbocycles. The van der Waals surface area contributed by atoms with E-state index in [4.69, 9.17) is 10.2 Å². The van der Waals surface area contributed by atoms with Gasteiger partial charge < -0.3 is 15.5 Å². The first-order chi connectivity index (χ1) is 7.08. The van der Waals surface area contributed by atoms with E-state index in [1.165, 1.54) is 12.1 Å². The summed E-state index contributed by atoms with van der Waals surface area (Å²) in [5, 5.41) is 20.3. The molecule has 0 spiro atoms. The smallest absolute Gasteiger partial charge is 0.304 e. The molecular weight excluding hydrogens is 201 g/mol. The van der Waals surface area contributed by atoms with Crippen LogP contribution < -0.4 is 5.32 Å². The Morgan fingerprint density at radius 1 is 1.40 bits per heavy atom. The number of carbonyl (C=O) groups is 1. The molecule has 1 aromatic rings. The highest BCUT2D eigenvalue weighted by molar-refractivity contribution is 5.66. The third-order valence-corrected chi connectivity index (χ3v) is 1.79. The number of phenolic OH excluding ortho intramolecular Hbond substituents is 1. The maximum Gasteiger partial charge on any atom is 0.304 e. The van der Waals surface area contributed by atoms with Crippen molar-refractivity contribution >= 4 is 5.97 Å². The number of hydrogen-bond acceptors (Lipinski definition) is 3. The summed E-state index contributed by atoms with van der Waals surface area (Å²) in [7, 11) is 0. The fourth-order valence-electron chi connectivity index (χ4n) is 1.16. The van der Waals surface area contributed by atoms with Crippen molar-refractivity contribution < 1.29 is 19.4 Å². The Morgan fingerprint density at radius 3 is 2.73 bits per heavy atom. The van der Waals surface area contributed by atoms with Crippen LogP contribution >= 0.6 is 0 Å². The summed E-state index contributed by atoms with van der Waals surface area (Å²) >= 11 is 0. The lowest BCUT2D eigenvalue weighted by Gasteiger charge is -2.04. The minimum absolute atomic E-state index is 0.0152. The fraction of sp³-hybridized carbons (Fsp3) is 0.300. The summed E-state index contributed by atoms with van der Waals surface area (Å²) in [6.45, 7) is 0.644. The average Bonchev–Trinajstić information content (AvgIpc) is 2.10. The molecule has 0 amide bonds. The predicted octanol–water partition coefficient (Wildman–Crippen LogP) is 1.10. The molecule has 0 bridgehead atoms. The van der Waals surface area contributed by atoms with E-state index in [0.717, 1.165) is 6.07 Å². The second-order valence-electron chi connectivity index (χ2n) is 3.14. The number of nitrogens with one attached hydrogen (secondary N) is 1. The van der Waals surface area contributed by atoms with E-state index in [0.29, 0.717) is 18.7 Å². The molecule has 0 fully saturated rings. The van der Waals surface area contributed by atoms with Crippen molar-refractivity contribution in [3.8, 4) is 5.75 Å². The van der Waals surface area contributed by atoms with E-state index in [1.54, 1.807) is 0 Å². The van der Waals surface area contributed by atoms with Crippen molar-refractivity contribution in [2.75, 3.05) is 6.54 Å².